The van der Waals surface area contributed by atoms with Gasteiger partial charge in [-0.25, -0.2) is 13.4 Å². The monoisotopic (exact) mass is 426 g/mol. The van der Waals surface area contributed by atoms with E-state index >= 15 is 0 Å². The highest BCUT2D eigenvalue weighted by Crippen LogP contribution is 2.24. The fourth-order valence-electron chi connectivity index (χ4n) is 3.44. The summed E-state index contributed by atoms with van der Waals surface area (Å²) in [5.41, 5.74) is 1.56. The normalized spacial score (nSPS) is 15.6. The van der Waals surface area contributed by atoms with Crippen LogP contribution in [0, 0.1) is 21.4 Å². The molecule has 2 heterocycles. The number of nitro groups is 1. The summed E-state index contributed by atoms with van der Waals surface area (Å²) in [5.74, 6) is 0.558. The maximum Gasteiger partial charge on any atom is 0.271 e. The molecule has 0 unspecified atom stereocenters. The number of non-ortho nitro benzene ring substituents is 1. The lowest BCUT2D eigenvalue weighted by molar-refractivity contribution is -0.384. The molecule has 4 rings (SSSR count). The molecule has 1 fully saturated rings. The van der Waals surface area contributed by atoms with E-state index in [2.05, 4.69) is 9.97 Å². The van der Waals surface area contributed by atoms with Crippen LogP contribution >= 0.6 is 0 Å². The van der Waals surface area contributed by atoms with Crippen molar-refractivity contribution in [3.63, 3.8) is 0 Å². The van der Waals surface area contributed by atoms with Gasteiger partial charge in [0, 0.05) is 38.3 Å². The molecule has 30 heavy (non-hydrogen) atoms. The second kappa shape index (κ2) is 7.74. The van der Waals surface area contributed by atoms with Crippen molar-refractivity contribution in [3.8, 4) is 6.07 Å². The third-order valence-electron chi connectivity index (χ3n) is 5.04. The quantitative estimate of drug-likeness (QED) is 0.499. The number of H-pyrrole nitrogens is 1. The van der Waals surface area contributed by atoms with E-state index in [0.717, 1.165) is 0 Å². The first-order chi connectivity index (χ1) is 14.4. The number of nitrogens with zero attached hydrogens (tertiary/aromatic N) is 5. The van der Waals surface area contributed by atoms with E-state index in [-0.39, 0.29) is 17.1 Å². The predicted octanol–water partition coefficient (Wildman–Crippen LogP) is 2.24. The summed E-state index contributed by atoms with van der Waals surface area (Å²) in [4.78, 5) is 20.2. The molecule has 1 aromatic heterocycles. The molecule has 0 spiro atoms. The summed E-state index contributed by atoms with van der Waals surface area (Å²) in [7, 11) is -3.66. The lowest BCUT2D eigenvalue weighted by atomic mass is 10.2. The van der Waals surface area contributed by atoms with E-state index in [1.165, 1.54) is 40.7 Å². The van der Waals surface area contributed by atoms with Crippen LogP contribution in [0.5, 0.6) is 0 Å². The number of anilines is 1. The maximum absolute atomic E-state index is 13.0. The predicted molar refractivity (Wildman–Crippen MR) is 109 cm³/mol. The number of hydrogen-bond donors (Lipinski definition) is 1. The Kier molecular flexibility index (Phi) is 5.11. The number of rotatable bonds is 4. The number of imidazole rings is 1. The Hall–Kier alpha value is -3.49. The van der Waals surface area contributed by atoms with Gasteiger partial charge in [0.25, 0.3) is 5.69 Å². The van der Waals surface area contributed by atoms with Crippen LogP contribution in [0.2, 0.25) is 0 Å². The van der Waals surface area contributed by atoms with Gasteiger partial charge in [-0.1, -0.05) is 0 Å². The molecule has 1 saturated heterocycles. The van der Waals surface area contributed by atoms with Crippen molar-refractivity contribution in [3.05, 3.63) is 58.1 Å². The zero-order chi connectivity index (χ0) is 21.3. The summed E-state index contributed by atoms with van der Waals surface area (Å²) in [5, 5.41) is 19.9. The van der Waals surface area contributed by atoms with Crippen LogP contribution in [0.3, 0.4) is 0 Å². The summed E-state index contributed by atoms with van der Waals surface area (Å²) >= 11 is 0. The topological polar surface area (TPSA) is 136 Å². The fourth-order valence-corrected chi connectivity index (χ4v) is 4.91. The van der Waals surface area contributed by atoms with Crippen LogP contribution in [-0.2, 0) is 10.0 Å². The standard InChI is InChI=1S/C19H18N6O4S/c20-13-14-2-5-16(6-3-14)30(28,29)24-9-1-8-23(10-11-24)19-21-17-7-4-15(25(26)27)12-18(17)22-19/h2-7,12H,1,8-11H2,(H,21,22). The van der Waals surface area contributed by atoms with E-state index in [0.29, 0.717) is 48.6 Å². The second-order valence-electron chi connectivity index (χ2n) is 6.90. The van der Waals surface area contributed by atoms with Crippen molar-refractivity contribution in [1.29, 1.82) is 5.26 Å². The van der Waals surface area contributed by atoms with Gasteiger partial charge in [0.1, 0.15) is 0 Å². The van der Waals surface area contributed by atoms with Gasteiger partial charge in [0.15, 0.2) is 0 Å². The Morgan fingerprint density at radius 1 is 1.10 bits per heavy atom. The van der Waals surface area contributed by atoms with Crippen molar-refractivity contribution >= 4 is 32.7 Å². The summed E-state index contributed by atoms with van der Waals surface area (Å²) in [6.07, 6.45) is 0.604. The number of nitriles is 1. The van der Waals surface area contributed by atoms with Gasteiger partial charge in [-0.05, 0) is 36.8 Å². The number of hydrogen-bond acceptors (Lipinski definition) is 7. The average molecular weight is 426 g/mol. The lowest BCUT2D eigenvalue weighted by Gasteiger charge is -2.21. The molecule has 1 aliphatic rings. The molecular formula is C19H18N6O4S. The fraction of sp³-hybridized carbons (Fsp3) is 0.263. The van der Waals surface area contributed by atoms with Crippen LogP contribution in [0.1, 0.15) is 12.0 Å². The first-order valence-corrected chi connectivity index (χ1v) is 10.7. The molecule has 0 bridgehead atoms. The van der Waals surface area contributed by atoms with Crippen LogP contribution < -0.4 is 4.90 Å². The Labute approximate surface area is 172 Å². The first kappa shape index (κ1) is 19.8. The van der Waals surface area contributed by atoms with E-state index in [1.807, 2.05) is 11.0 Å². The highest BCUT2D eigenvalue weighted by Gasteiger charge is 2.27. The zero-order valence-electron chi connectivity index (χ0n) is 15.9. The number of fused-ring (bicyclic) bond motifs is 1. The van der Waals surface area contributed by atoms with Crippen molar-refractivity contribution in [2.75, 3.05) is 31.1 Å². The van der Waals surface area contributed by atoms with Crippen LogP contribution in [0.4, 0.5) is 11.6 Å². The molecule has 10 nitrogen and oxygen atoms in total. The maximum atomic E-state index is 13.0. The molecule has 0 amide bonds. The summed E-state index contributed by atoms with van der Waals surface area (Å²) < 4.78 is 27.4. The molecule has 11 heteroatoms. The molecule has 154 valence electrons. The van der Waals surface area contributed by atoms with E-state index in [9.17, 15) is 18.5 Å². The average Bonchev–Trinajstić information content (AvgIpc) is 3.00. The molecule has 3 aromatic rings. The van der Waals surface area contributed by atoms with Gasteiger partial charge in [0.05, 0.1) is 32.5 Å². The largest absolute Gasteiger partial charge is 0.341 e. The van der Waals surface area contributed by atoms with Crippen LogP contribution in [0.15, 0.2) is 47.4 Å². The van der Waals surface area contributed by atoms with Gasteiger partial charge in [-0.15, -0.1) is 0 Å². The summed E-state index contributed by atoms with van der Waals surface area (Å²) in [6.45, 7) is 1.67. The third-order valence-corrected chi connectivity index (χ3v) is 6.95. The molecule has 1 aliphatic heterocycles. The highest BCUT2D eigenvalue weighted by atomic mass is 32.2. The zero-order valence-corrected chi connectivity index (χ0v) is 16.7. The minimum absolute atomic E-state index is 0.0201. The Bertz CT molecular complexity index is 1250. The molecule has 0 radical (unpaired) electrons. The number of aromatic nitrogens is 2. The Balaban J connectivity index is 1.53. The minimum Gasteiger partial charge on any atom is -0.341 e. The number of aromatic amines is 1. The summed E-state index contributed by atoms with van der Waals surface area (Å²) in [6, 6.07) is 12.3. The number of sulfonamides is 1. The van der Waals surface area contributed by atoms with Gasteiger partial charge >= 0.3 is 0 Å². The highest BCUT2D eigenvalue weighted by molar-refractivity contribution is 7.89. The van der Waals surface area contributed by atoms with Gasteiger partial charge < -0.3 is 9.88 Å². The lowest BCUT2D eigenvalue weighted by Crippen LogP contribution is -2.35. The van der Waals surface area contributed by atoms with Crippen LogP contribution in [-0.4, -0.2) is 53.8 Å². The second-order valence-corrected chi connectivity index (χ2v) is 8.84. The van der Waals surface area contributed by atoms with Crippen molar-refractivity contribution in [2.24, 2.45) is 0 Å². The van der Waals surface area contributed by atoms with E-state index in [1.54, 1.807) is 6.07 Å². The molecule has 2 aromatic carbocycles. The van der Waals surface area contributed by atoms with E-state index < -0.39 is 14.9 Å². The molecular weight excluding hydrogens is 408 g/mol. The third kappa shape index (κ3) is 3.70. The Morgan fingerprint density at radius 2 is 1.87 bits per heavy atom. The Morgan fingerprint density at radius 3 is 2.57 bits per heavy atom. The van der Waals surface area contributed by atoms with Crippen LogP contribution in [0.25, 0.3) is 11.0 Å². The molecule has 0 saturated carbocycles. The molecule has 1 N–H and O–H groups in total. The molecule has 0 aliphatic carbocycles. The number of benzene rings is 2. The smallest absolute Gasteiger partial charge is 0.271 e. The van der Waals surface area contributed by atoms with Gasteiger partial charge in [-0.3, -0.25) is 10.1 Å². The van der Waals surface area contributed by atoms with Gasteiger partial charge in [0.2, 0.25) is 16.0 Å². The van der Waals surface area contributed by atoms with Crippen molar-refractivity contribution < 1.29 is 13.3 Å². The minimum atomic E-state index is -3.66. The SMILES string of the molecule is N#Cc1ccc(S(=O)(=O)N2CCCN(c3nc4ccc([N+](=O)[O-])cc4[nH]3)CC2)cc1. The molecule has 0 atom stereocenters. The van der Waals surface area contributed by atoms with E-state index in [4.69, 9.17) is 5.26 Å². The number of nitro benzene ring substituents is 1. The van der Waals surface area contributed by atoms with Crippen molar-refractivity contribution in [1.82, 2.24) is 14.3 Å². The van der Waals surface area contributed by atoms with Crippen molar-refractivity contribution in [2.45, 2.75) is 11.3 Å². The number of nitrogens with one attached hydrogen (secondary N) is 1. The first-order valence-electron chi connectivity index (χ1n) is 9.28. The van der Waals surface area contributed by atoms with Gasteiger partial charge in [-0.2, -0.15) is 9.57 Å².